The van der Waals surface area contributed by atoms with E-state index < -0.39 is 0 Å². The van der Waals surface area contributed by atoms with Crippen LogP contribution in [-0.4, -0.2) is 18.2 Å². The minimum Gasteiger partial charge on any atom is -0.355 e. The van der Waals surface area contributed by atoms with Crippen LogP contribution in [0.4, 0.5) is 4.39 Å². The molecule has 0 spiro atoms. The molecular formula is C21H26FNOS. The standard InChI is InChI=1S/C21H26FNOS/c1-16(2)19-9-5-17(6-10-19)4-3-13-23-21(24)15-25-14-18-7-11-20(22)12-8-18/h5-12,16H,3-4,13-15H2,1-2H3,(H,23,24). The fraction of sp³-hybridized carbons (Fsp3) is 0.381. The van der Waals surface area contributed by atoms with Gasteiger partial charge in [-0.05, 0) is 47.6 Å². The van der Waals surface area contributed by atoms with E-state index >= 15 is 0 Å². The average molecular weight is 360 g/mol. The fourth-order valence-electron chi connectivity index (χ4n) is 2.48. The van der Waals surface area contributed by atoms with Crippen molar-refractivity contribution >= 4 is 17.7 Å². The summed E-state index contributed by atoms with van der Waals surface area (Å²) in [5.74, 6) is 1.53. The highest BCUT2D eigenvalue weighted by molar-refractivity contribution is 7.99. The van der Waals surface area contributed by atoms with Crippen LogP contribution in [0.1, 0.15) is 42.9 Å². The highest BCUT2D eigenvalue weighted by atomic mass is 32.2. The van der Waals surface area contributed by atoms with Crippen molar-refractivity contribution in [3.8, 4) is 0 Å². The molecule has 1 N–H and O–H groups in total. The molecular weight excluding hydrogens is 333 g/mol. The topological polar surface area (TPSA) is 29.1 Å². The van der Waals surface area contributed by atoms with E-state index in [1.807, 2.05) is 0 Å². The van der Waals surface area contributed by atoms with Crippen LogP contribution < -0.4 is 5.32 Å². The minimum absolute atomic E-state index is 0.0577. The van der Waals surface area contributed by atoms with Gasteiger partial charge in [0.15, 0.2) is 0 Å². The van der Waals surface area contributed by atoms with Crippen LogP contribution in [0.25, 0.3) is 0 Å². The van der Waals surface area contributed by atoms with Gasteiger partial charge >= 0.3 is 0 Å². The van der Waals surface area contributed by atoms with Crippen molar-refractivity contribution in [2.24, 2.45) is 0 Å². The Bertz CT molecular complexity index is 653. The smallest absolute Gasteiger partial charge is 0.230 e. The Balaban J connectivity index is 1.58. The summed E-state index contributed by atoms with van der Waals surface area (Å²) in [6, 6.07) is 15.1. The maximum Gasteiger partial charge on any atom is 0.230 e. The zero-order valence-electron chi connectivity index (χ0n) is 14.9. The molecule has 0 heterocycles. The molecule has 0 aliphatic rings. The zero-order valence-corrected chi connectivity index (χ0v) is 15.7. The minimum atomic E-state index is -0.231. The van der Waals surface area contributed by atoms with E-state index in [-0.39, 0.29) is 11.7 Å². The summed E-state index contributed by atoms with van der Waals surface area (Å²) >= 11 is 1.54. The second-order valence-corrected chi connectivity index (χ2v) is 7.45. The molecule has 0 aromatic heterocycles. The first-order valence-electron chi connectivity index (χ1n) is 8.72. The van der Waals surface area contributed by atoms with E-state index in [0.717, 1.165) is 24.2 Å². The molecule has 0 radical (unpaired) electrons. The molecule has 1 amide bonds. The zero-order chi connectivity index (χ0) is 18.1. The third-order valence-corrected chi connectivity index (χ3v) is 5.03. The summed E-state index contributed by atoms with van der Waals surface area (Å²) in [4.78, 5) is 11.8. The normalized spacial score (nSPS) is 10.9. The number of carbonyl (C=O) groups excluding carboxylic acids is 1. The molecule has 0 aliphatic carbocycles. The third-order valence-electron chi connectivity index (χ3n) is 4.03. The molecule has 0 unspecified atom stereocenters. The van der Waals surface area contributed by atoms with Gasteiger partial charge in [0.05, 0.1) is 5.75 Å². The van der Waals surface area contributed by atoms with Crippen LogP contribution >= 0.6 is 11.8 Å². The van der Waals surface area contributed by atoms with Crippen LogP contribution in [0.2, 0.25) is 0 Å². The lowest BCUT2D eigenvalue weighted by atomic mass is 10.0. The monoisotopic (exact) mass is 359 g/mol. The van der Waals surface area contributed by atoms with Gasteiger partial charge in [-0.15, -0.1) is 11.8 Å². The number of thioether (sulfide) groups is 1. The SMILES string of the molecule is CC(C)c1ccc(CCCNC(=O)CSCc2ccc(F)cc2)cc1. The molecule has 0 aliphatic heterocycles. The number of aryl methyl sites for hydroxylation is 1. The molecule has 4 heteroatoms. The van der Waals surface area contributed by atoms with Crippen molar-refractivity contribution < 1.29 is 9.18 Å². The van der Waals surface area contributed by atoms with Gasteiger partial charge in [0, 0.05) is 12.3 Å². The molecule has 134 valence electrons. The van der Waals surface area contributed by atoms with Gasteiger partial charge in [-0.1, -0.05) is 50.2 Å². The molecule has 2 rings (SSSR count). The lowest BCUT2D eigenvalue weighted by Crippen LogP contribution is -2.26. The van der Waals surface area contributed by atoms with Crippen molar-refractivity contribution in [2.75, 3.05) is 12.3 Å². The largest absolute Gasteiger partial charge is 0.355 e. The molecule has 25 heavy (non-hydrogen) atoms. The number of benzene rings is 2. The number of halogens is 1. The van der Waals surface area contributed by atoms with Crippen LogP contribution in [0.3, 0.4) is 0 Å². The average Bonchev–Trinajstić information content (AvgIpc) is 2.61. The summed E-state index contributed by atoms with van der Waals surface area (Å²) < 4.78 is 12.8. The number of nitrogens with one attached hydrogen (secondary N) is 1. The Labute approximate surface area is 154 Å². The second kappa shape index (κ2) is 10.2. The van der Waals surface area contributed by atoms with Crippen LogP contribution in [0, 0.1) is 5.82 Å². The maximum absolute atomic E-state index is 12.8. The quantitative estimate of drug-likeness (QED) is 0.643. The Morgan fingerprint density at radius 1 is 1.04 bits per heavy atom. The van der Waals surface area contributed by atoms with Gasteiger partial charge in [-0.25, -0.2) is 4.39 Å². The van der Waals surface area contributed by atoms with E-state index in [1.165, 1.54) is 23.3 Å². The van der Waals surface area contributed by atoms with Gasteiger partial charge < -0.3 is 5.32 Å². The first-order valence-corrected chi connectivity index (χ1v) is 9.88. The van der Waals surface area contributed by atoms with Crippen molar-refractivity contribution in [3.63, 3.8) is 0 Å². The molecule has 0 atom stereocenters. The van der Waals surface area contributed by atoms with Gasteiger partial charge in [-0.2, -0.15) is 0 Å². The Kier molecular flexibility index (Phi) is 7.99. The molecule has 0 fully saturated rings. The number of amides is 1. The summed E-state index contributed by atoms with van der Waals surface area (Å²) in [5.41, 5.74) is 3.70. The van der Waals surface area contributed by atoms with Crippen LogP contribution in [-0.2, 0) is 17.0 Å². The first-order chi connectivity index (χ1) is 12.0. The number of rotatable bonds is 9. The van der Waals surface area contributed by atoms with Crippen LogP contribution in [0.15, 0.2) is 48.5 Å². The molecule has 0 bridgehead atoms. The van der Waals surface area contributed by atoms with Gasteiger partial charge in [-0.3, -0.25) is 4.79 Å². The highest BCUT2D eigenvalue weighted by Gasteiger charge is 2.03. The molecule has 0 saturated carbocycles. The van der Waals surface area contributed by atoms with Crippen molar-refractivity contribution in [1.29, 1.82) is 0 Å². The summed E-state index contributed by atoms with van der Waals surface area (Å²) in [7, 11) is 0. The van der Waals surface area contributed by atoms with E-state index in [9.17, 15) is 9.18 Å². The summed E-state index contributed by atoms with van der Waals surface area (Å²) in [5, 5.41) is 2.96. The Morgan fingerprint density at radius 3 is 2.32 bits per heavy atom. The molecule has 2 nitrogen and oxygen atoms in total. The van der Waals surface area contributed by atoms with Crippen molar-refractivity contribution in [3.05, 3.63) is 71.0 Å². The maximum atomic E-state index is 12.8. The second-order valence-electron chi connectivity index (χ2n) is 6.47. The van der Waals surface area contributed by atoms with Crippen molar-refractivity contribution in [1.82, 2.24) is 5.32 Å². The highest BCUT2D eigenvalue weighted by Crippen LogP contribution is 2.15. The lowest BCUT2D eigenvalue weighted by molar-refractivity contribution is -0.118. The van der Waals surface area contributed by atoms with E-state index in [4.69, 9.17) is 0 Å². The molecule has 2 aromatic carbocycles. The van der Waals surface area contributed by atoms with E-state index in [0.29, 0.717) is 18.2 Å². The van der Waals surface area contributed by atoms with E-state index in [1.54, 1.807) is 23.9 Å². The van der Waals surface area contributed by atoms with Gasteiger partial charge in [0.2, 0.25) is 5.91 Å². The lowest BCUT2D eigenvalue weighted by Gasteiger charge is -2.08. The number of carbonyl (C=O) groups is 1. The summed E-state index contributed by atoms with van der Waals surface area (Å²) in [6.07, 6.45) is 1.91. The number of hydrogen-bond donors (Lipinski definition) is 1. The van der Waals surface area contributed by atoms with Crippen molar-refractivity contribution in [2.45, 2.75) is 38.4 Å². The molecule has 2 aromatic rings. The molecule has 0 saturated heterocycles. The Hall–Kier alpha value is -1.81. The third kappa shape index (κ3) is 7.30. The fourth-order valence-corrected chi connectivity index (χ4v) is 3.30. The predicted molar refractivity (Wildman–Crippen MR) is 104 cm³/mol. The first kappa shape index (κ1) is 19.5. The summed E-state index contributed by atoms with van der Waals surface area (Å²) in [6.45, 7) is 5.08. The van der Waals surface area contributed by atoms with Gasteiger partial charge in [0.25, 0.3) is 0 Å². The number of hydrogen-bond acceptors (Lipinski definition) is 2. The van der Waals surface area contributed by atoms with E-state index in [2.05, 4.69) is 43.4 Å². The van der Waals surface area contributed by atoms with Gasteiger partial charge in [0.1, 0.15) is 5.82 Å². The van der Waals surface area contributed by atoms with Crippen LogP contribution in [0.5, 0.6) is 0 Å². The predicted octanol–water partition coefficient (Wildman–Crippen LogP) is 4.93. The Morgan fingerprint density at radius 2 is 1.68 bits per heavy atom.